The van der Waals surface area contributed by atoms with Crippen molar-refractivity contribution in [1.82, 2.24) is 4.31 Å². The highest BCUT2D eigenvalue weighted by Crippen LogP contribution is 2.32. The zero-order valence-corrected chi connectivity index (χ0v) is 13.1. The van der Waals surface area contributed by atoms with E-state index in [-0.39, 0.29) is 16.0 Å². The molecule has 5 nitrogen and oxygen atoms in total. The molecule has 0 N–H and O–H groups in total. The SMILES string of the molecule is O=S(=O)(c1ccccc1Cl)N1CCCC[C@@H]1C1OCCO1. The summed E-state index contributed by atoms with van der Waals surface area (Å²) in [5.74, 6) is 0. The van der Waals surface area contributed by atoms with Gasteiger partial charge < -0.3 is 9.47 Å². The van der Waals surface area contributed by atoms with E-state index < -0.39 is 16.3 Å². The van der Waals surface area contributed by atoms with Crippen LogP contribution in [0.4, 0.5) is 0 Å². The molecule has 1 aromatic rings. The molecule has 21 heavy (non-hydrogen) atoms. The molecule has 116 valence electrons. The van der Waals surface area contributed by atoms with Crippen molar-refractivity contribution in [1.29, 1.82) is 0 Å². The van der Waals surface area contributed by atoms with Crippen molar-refractivity contribution in [2.24, 2.45) is 0 Å². The van der Waals surface area contributed by atoms with Gasteiger partial charge >= 0.3 is 0 Å². The fourth-order valence-corrected chi connectivity index (χ4v) is 5.06. The van der Waals surface area contributed by atoms with E-state index in [1.807, 2.05) is 0 Å². The topological polar surface area (TPSA) is 55.8 Å². The van der Waals surface area contributed by atoms with Gasteiger partial charge in [-0.3, -0.25) is 0 Å². The summed E-state index contributed by atoms with van der Waals surface area (Å²) < 4.78 is 38.4. The minimum Gasteiger partial charge on any atom is -0.349 e. The Morgan fingerprint density at radius 2 is 1.86 bits per heavy atom. The first kappa shape index (κ1) is 15.2. The lowest BCUT2D eigenvalue weighted by molar-refractivity contribution is -0.0913. The first-order valence-corrected chi connectivity index (χ1v) is 8.92. The number of nitrogens with zero attached hydrogens (tertiary/aromatic N) is 1. The Bertz CT molecular complexity index is 601. The highest BCUT2D eigenvalue weighted by molar-refractivity contribution is 7.89. The number of halogens is 1. The second-order valence-corrected chi connectivity index (χ2v) is 7.49. The molecule has 2 aliphatic heterocycles. The van der Waals surface area contributed by atoms with Crippen molar-refractivity contribution < 1.29 is 17.9 Å². The summed E-state index contributed by atoms with van der Waals surface area (Å²) >= 11 is 6.07. The molecule has 0 radical (unpaired) electrons. The molecule has 7 heteroatoms. The zero-order chi connectivity index (χ0) is 14.9. The molecule has 0 aliphatic carbocycles. The lowest BCUT2D eigenvalue weighted by atomic mass is 10.0. The molecule has 0 aromatic heterocycles. The number of hydrogen-bond acceptors (Lipinski definition) is 4. The van der Waals surface area contributed by atoms with Gasteiger partial charge in [-0.15, -0.1) is 0 Å². The van der Waals surface area contributed by atoms with Crippen molar-refractivity contribution in [2.45, 2.75) is 36.5 Å². The van der Waals surface area contributed by atoms with E-state index in [2.05, 4.69) is 0 Å². The number of rotatable bonds is 3. The van der Waals surface area contributed by atoms with Crippen LogP contribution in [0.2, 0.25) is 5.02 Å². The van der Waals surface area contributed by atoms with Crippen LogP contribution < -0.4 is 0 Å². The van der Waals surface area contributed by atoms with Crippen LogP contribution in [0, 0.1) is 0 Å². The fourth-order valence-electron chi connectivity index (χ4n) is 2.88. The first-order valence-electron chi connectivity index (χ1n) is 7.10. The molecule has 2 fully saturated rings. The van der Waals surface area contributed by atoms with Crippen molar-refractivity contribution in [2.75, 3.05) is 19.8 Å². The maximum atomic E-state index is 12.9. The quantitative estimate of drug-likeness (QED) is 0.852. The smallest absolute Gasteiger partial charge is 0.244 e. The van der Waals surface area contributed by atoms with Gasteiger partial charge in [0.05, 0.1) is 24.3 Å². The number of sulfonamides is 1. The number of benzene rings is 1. The molecule has 0 amide bonds. The van der Waals surface area contributed by atoms with Gasteiger partial charge in [0.2, 0.25) is 10.0 Å². The van der Waals surface area contributed by atoms with Crippen molar-refractivity contribution in [3.05, 3.63) is 29.3 Å². The molecule has 3 rings (SSSR count). The van der Waals surface area contributed by atoms with Crippen molar-refractivity contribution in [3.8, 4) is 0 Å². The maximum Gasteiger partial charge on any atom is 0.244 e. The Labute approximate surface area is 129 Å². The van der Waals surface area contributed by atoms with Crippen LogP contribution >= 0.6 is 11.6 Å². The highest BCUT2D eigenvalue weighted by atomic mass is 35.5. The average molecular weight is 332 g/mol. The standard InChI is InChI=1S/C14H18ClNO4S/c15-11-5-1-2-7-13(11)21(17,18)16-8-4-3-6-12(16)14-19-9-10-20-14/h1-2,5,7,12,14H,3-4,6,8-10H2/t12-/m1/s1. The Morgan fingerprint density at radius 1 is 1.14 bits per heavy atom. The van der Waals surface area contributed by atoms with E-state index in [0.29, 0.717) is 19.8 Å². The van der Waals surface area contributed by atoms with Gasteiger partial charge in [0.25, 0.3) is 0 Å². The third kappa shape index (κ3) is 2.96. The third-order valence-electron chi connectivity index (χ3n) is 3.88. The molecule has 0 saturated carbocycles. The van der Waals surface area contributed by atoms with Crippen LogP contribution in [0.15, 0.2) is 29.2 Å². The lowest BCUT2D eigenvalue weighted by Gasteiger charge is -2.36. The van der Waals surface area contributed by atoms with Gasteiger partial charge in [-0.25, -0.2) is 8.42 Å². The first-order chi connectivity index (χ1) is 10.1. The van der Waals surface area contributed by atoms with Gasteiger partial charge in [-0.2, -0.15) is 4.31 Å². The summed E-state index contributed by atoms with van der Waals surface area (Å²) in [5.41, 5.74) is 0. The van der Waals surface area contributed by atoms with Gasteiger partial charge in [0, 0.05) is 6.54 Å². The van der Waals surface area contributed by atoms with Gasteiger partial charge in [0.1, 0.15) is 4.90 Å². The Morgan fingerprint density at radius 3 is 2.57 bits per heavy atom. The third-order valence-corrected chi connectivity index (χ3v) is 6.31. The minimum atomic E-state index is -3.64. The molecule has 1 aromatic carbocycles. The summed E-state index contributed by atoms with van der Waals surface area (Å²) in [6, 6.07) is 6.26. The Hall–Kier alpha value is -0.660. The zero-order valence-electron chi connectivity index (χ0n) is 11.6. The van der Waals surface area contributed by atoms with E-state index in [1.54, 1.807) is 24.3 Å². The summed E-state index contributed by atoms with van der Waals surface area (Å²) in [4.78, 5) is 0.150. The van der Waals surface area contributed by atoms with Crippen LogP contribution in [0.1, 0.15) is 19.3 Å². The van der Waals surface area contributed by atoms with E-state index in [0.717, 1.165) is 19.3 Å². The van der Waals surface area contributed by atoms with Crippen LogP contribution in [0.5, 0.6) is 0 Å². The molecular weight excluding hydrogens is 314 g/mol. The van der Waals surface area contributed by atoms with Crippen LogP contribution in [-0.4, -0.2) is 44.8 Å². The molecule has 2 aliphatic rings. The molecule has 2 heterocycles. The summed E-state index contributed by atoms with van der Waals surface area (Å²) in [6.45, 7) is 1.50. The van der Waals surface area contributed by atoms with Crippen LogP contribution in [-0.2, 0) is 19.5 Å². The van der Waals surface area contributed by atoms with Crippen molar-refractivity contribution >= 4 is 21.6 Å². The summed E-state index contributed by atoms with van der Waals surface area (Å²) in [6.07, 6.45) is 2.09. The van der Waals surface area contributed by atoms with Gasteiger partial charge in [0.15, 0.2) is 6.29 Å². The van der Waals surface area contributed by atoms with E-state index in [4.69, 9.17) is 21.1 Å². The van der Waals surface area contributed by atoms with E-state index >= 15 is 0 Å². The lowest BCUT2D eigenvalue weighted by Crippen LogP contribution is -2.50. The van der Waals surface area contributed by atoms with Gasteiger partial charge in [-0.1, -0.05) is 30.2 Å². The molecule has 2 saturated heterocycles. The predicted octanol–water partition coefficient (Wildman–Crippen LogP) is 2.26. The minimum absolute atomic E-state index is 0.150. The number of hydrogen-bond donors (Lipinski definition) is 0. The Kier molecular flexibility index (Phi) is 4.51. The summed E-state index contributed by atoms with van der Waals surface area (Å²) in [5, 5.41) is 0.245. The average Bonchev–Trinajstić information content (AvgIpc) is 3.01. The molecular formula is C14H18ClNO4S. The second kappa shape index (κ2) is 6.22. The molecule has 0 spiro atoms. The number of ether oxygens (including phenoxy) is 2. The highest BCUT2D eigenvalue weighted by Gasteiger charge is 2.40. The van der Waals surface area contributed by atoms with Gasteiger partial charge in [-0.05, 0) is 25.0 Å². The molecule has 0 bridgehead atoms. The maximum absolute atomic E-state index is 12.9. The normalized spacial score (nSPS) is 25.3. The molecule has 1 atom stereocenters. The monoisotopic (exact) mass is 331 g/mol. The predicted molar refractivity (Wildman–Crippen MR) is 78.7 cm³/mol. The van der Waals surface area contributed by atoms with Crippen LogP contribution in [0.25, 0.3) is 0 Å². The van der Waals surface area contributed by atoms with Crippen molar-refractivity contribution in [3.63, 3.8) is 0 Å². The second-order valence-electron chi connectivity index (χ2n) is 5.22. The largest absolute Gasteiger partial charge is 0.349 e. The molecule has 0 unspecified atom stereocenters. The Balaban J connectivity index is 1.93. The fraction of sp³-hybridized carbons (Fsp3) is 0.571. The summed E-state index contributed by atoms with van der Waals surface area (Å²) in [7, 11) is -3.64. The van der Waals surface area contributed by atoms with Crippen LogP contribution in [0.3, 0.4) is 0 Å². The van der Waals surface area contributed by atoms with E-state index in [1.165, 1.54) is 4.31 Å². The van der Waals surface area contributed by atoms with E-state index in [9.17, 15) is 8.42 Å². The number of piperidine rings is 1.